The Bertz CT molecular complexity index is 632. The molecule has 30 heavy (non-hydrogen) atoms. The Balaban J connectivity index is 5.36. The third kappa shape index (κ3) is 9.92. The Kier molecular flexibility index (Phi) is 12.7. The first kappa shape index (κ1) is 27.7. The molecule has 5 unspecified atom stereocenters. The van der Waals surface area contributed by atoms with Crippen LogP contribution < -0.4 is 21.7 Å². The lowest BCUT2D eigenvalue weighted by molar-refractivity contribution is -0.143. The van der Waals surface area contributed by atoms with Gasteiger partial charge in [0.1, 0.15) is 18.1 Å². The third-order valence-electron chi connectivity index (χ3n) is 4.54. The minimum Gasteiger partial charge on any atom is -0.481 e. The lowest BCUT2D eigenvalue weighted by Gasteiger charge is -2.25. The van der Waals surface area contributed by atoms with Crippen molar-refractivity contribution in [1.29, 1.82) is 0 Å². The third-order valence-corrected chi connectivity index (χ3v) is 5.19. The molecule has 0 saturated heterocycles. The summed E-state index contributed by atoms with van der Waals surface area (Å²) < 4.78 is 0. The van der Waals surface area contributed by atoms with E-state index in [-0.39, 0.29) is 12.3 Å². The zero-order chi connectivity index (χ0) is 23.4. The van der Waals surface area contributed by atoms with Crippen molar-refractivity contribution in [2.75, 3.05) is 12.0 Å². The molecule has 0 aromatic heterocycles. The number of hydrogen-bond donors (Lipinski definition) is 6. The molecule has 12 heteroatoms. The quantitative estimate of drug-likeness (QED) is 0.197. The fraction of sp³-hybridized carbons (Fsp3) is 0.722. The number of hydrogen-bond acceptors (Lipinski definition) is 7. The molecule has 0 aliphatic carbocycles. The van der Waals surface area contributed by atoms with Crippen molar-refractivity contribution in [1.82, 2.24) is 16.0 Å². The van der Waals surface area contributed by atoms with E-state index in [0.717, 1.165) is 0 Å². The van der Waals surface area contributed by atoms with Crippen molar-refractivity contribution >= 4 is 41.4 Å². The van der Waals surface area contributed by atoms with Crippen molar-refractivity contribution in [3.05, 3.63) is 0 Å². The highest BCUT2D eigenvalue weighted by molar-refractivity contribution is 7.98. The fourth-order valence-corrected chi connectivity index (χ4v) is 2.79. The van der Waals surface area contributed by atoms with Crippen LogP contribution in [0, 0.1) is 5.92 Å². The van der Waals surface area contributed by atoms with Gasteiger partial charge in [0.2, 0.25) is 17.7 Å². The van der Waals surface area contributed by atoms with Crippen molar-refractivity contribution in [2.24, 2.45) is 11.7 Å². The SMILES string of the molecule is CCC(C)C(N)C(=O)NC(CC(=O)O)C(=O)NC(CCSC)C(=O)NC(C)C(=O)O. The second-order valence-electron chi connectivity index (χ2n) is 6.98. The molecular weight excluding hydrogens is 416 g/mol. The standard InChI is InChI=1S/C18H32N4O7S/c1-5-9(2)14(19)17(27)22-12(8-13(23)24)16(26)21-11(6-7-30-4)15(25)20-10(3)18(28)29/h9-12,14H,5-8,19H2,1-4H3,(H,20,25)(H,21,26)(H,22,27)(H,23,24)(H,28,29). The first-order valence-corrected chi connectivity index (χ1v) is 10.9. The van der Waals surface area contributed by atoms with Crippen molar-refractivity contribution in [3.63, 3.8) is 0 Å². The average molecular weight is 449 g/mol. The van der Waals surface area contributed by atoms with Crippen LogP contribution >= 0.6 is 11.8 Å². The zero-order valence-corrected chi connectivity index (χ0v) is 18.5. The number of carboxylic acids is 2. The molecule has 3 amide bonds. The van der Waals surface area contributed by atoms with Gasteiger partial charge in [-0.1, -0.05) is 20.3 Å². The van der Waals surface area contributed by atoms with Crippen molar-refractivity contribution in [3.8, 4) is 0 Å². The van der Waals surface area contributed by atoms with E-state index in [9.17, 15) is 24.0 Å². The Morgan fingerprint density at radius 1 is 0.933 bits per heavy atom. The van der Waals surface area contributed by atoms with Crippen LogP contribution in [0.15, 0.2) is 0 Å². The van der Waals surface area contributed by atoms with E-state index < -0.39 is 60.2 Å². The van der Waals surface area contributed by atoms with Gasteiger partial charge < -0.3 is 31.9 Å². The maximum atomic E-state index is 12.6. The molecule has 0 aliphatic rings. The van der Waals surface area contributed by atoms with Crippen LogP contribution in [-0.2, 0) is 24.0 Å². The molecule has 11 nitrogen and oxygen atoms in total. The lowest BCUT2D eigenvalue weighted by Crippen LogP contribution is -2.57. The van der Waals surface area contributed by atoms with E-state index in [1.807, 2.05) is 6.92 Å². The summed E-state index contributed by atoms with van der Waals surface area (Å²) in [6, 6.07) is -4.63. The molecule has 0 spiro atoms. The average Bonchev–Trinajstić information content (AvgIpc) is 2.68. The summed E-state index contributed by atoms with van der Waals surface area (Å²) >= 11 is 1.41. The van der Waals surface area contributed by atoms with Gasteiger partial charge >= 0.3 is 11.9 Å². The molecule has 172 valence electrons. The minimum absolute atomic E-state index is 0.184. The maximum absolute atomic E-state index is 12.6. The van der Waals surface area contributed by atoms with Gasteiger partial charge in [-0.3, -0.25) is 24.0 Å². The minimum atomic E-state index is -1.44. The second-order valence-corrected chi connectivity index (χ2v) is 7.97. The highest BCUT2D eigenvalue weighted by Crippen LogP contribution is 2.07. The summed E-state index contributed by atoms with van der Waals surface area (Å²) in [5, 5.41) is 25.1. The molecule has 0 rings (SSSR count). The van der Waals surface area contributed by atoms with Crippen LogP contribution in [0.3, 0.4) is 0 Å². The number of thioether (sulfide) groups is 1. The number of carbonyl (C=O) groups excluding carboxylic acids is 3. The summed E-state index contributed by atoms with van der Waals surface area (Å²) in [6.45, 7) is 4.87. The molecule has 0 radical (unpaired) electrons. The number of nitrogens with one attached hydrogen (secondary N) is 3. The van der Waals surface area contributed by atoms with Gasteiger partial charge in [-0.05, 0) is 31.3 Å². The van der Waals surface area contributed by atoms with Crippen molar-refractivity contribution < 1.29 is 34.2 Å². The number of carbonyl (C=O) groups is 5. The van der Waals surface area contributed by atoms with Crippen molar-refractivity contribution in [2.45, 2.75) is 64.2 Å². The molecule has 0 saturated carbocycles. The number of nitrogens with two attached hydrogens (primary N) is 1. The Morgan fingerprint density at radius 2 is 1.47 bits per heavy atom. The van der Waals surface area contributed by atoms with E-state index >= 15 is 0 Å². The lowest BCUT2D eigenvalue weighted by atomic mass is 9.99. The van der Waals surface area contributed by atoms with Crippen LogP contribution in [0.25, 0.3) is 0 Å². The van der Waals surface area contributed by atoms with Crippen LogP contribution in [0.5, 0.6) is 0 Å². The summed E-state index contributed by atoms with van der Waals surface area (Å²) in [7, 11) is 0. The molecule has 5 atom stereocenters. The molecular formula is C18H32N4O7S. The number of amides is 3. The Labute approximate surface area is 179 Å². The van der Waals surface area contributed by atoms with Gasteiger partial charge in [-0.2, -0.15) is 11.8 Å². The van der Waals surface area contributed by atoms with Gasteiger partial charge in [0.05, 0.1) is 12.5 Å². The number of aliphatic carboxylic acids is 2. The summed E-state index contributed by atoms with van der Waals surface area (Å²) in [6.07, 6.45) is 1.89. The van der Waals surface area contributed by atoms with Gasteiger partial charge in [-0.25, -0.2) is 0 Å². The largest absolute Gasteiger partial charge is 0.481 e. The molecule has 0 heterocycles. The zero-order valence-electron chi connectivity index (χ0n) is 17.6. The van der Waals surface area contributed by atoms with Crippen LogP contribution in [-0.4, -0.2) is 76.0 Å². The molecule has 0 fully saturated rings. The Hall–Kier alpha value is -2.34. The highest BCUT2D eigenvalue weighted by atomic mass is 32.2. The van der Waals surface area contributed by atoms with E-state index in [4.69, 9.17) is 15.9 Å². The summed E-state index contributed by atoms with van der Waals surface area (Å²) in [5.41, 5.74) is 5.84. The maximum Gasteiger partial charge on any atom is 0.325 e. The number of rotatable bonds is 14. The highest BCUT2D eigenvalue weighted by Gasteiger charge is 2.31. The number of carboxylic acid groups (broad SMARTS) is 2. The normalized spacial score (nSPS) is 15.8. The van der Waals surface area contributed by atoms with Crippen LogP contribution in [0.2, 0.25) is 0 Å². The molecule has 0 aromatic rings. The monoisotopic (exact) mass is 448 g/mol. The van der Waals surface area contributed by atoms with Crippen LogP contribution in [0.1, 0.15) is 40.0 Å². The predicted molar refractivity (Wildman–Crippen MR) is 112 cm³/mol. The Morgan fingerprint density at radius 3 is 1.93 bits per heavy atom. The van der Waals surface area contributed by atoms with E-state index in [0.29, 0.717) is 12.2 Å². The summed E-state index contributed by atoms with van der Waals surface area (Å²) in [5.74, 6) is -4.53. The van der Waals surface area contributed by atoms with Gasteiger partial charge in [0, 0.05) is 0 Å². The van der Waals surface area contributed by atoms with Gasteiger partial charge in [0.25, 0.3) is 0 Å². The fourth-order valence-electron chi connectivity index (χ4n) is 2.32. The molecule has 0 aromatic carbocycles. The second kappa shape index (κ2) is 13.8. The smallest absolute Gasteiger partial charge is 0.325 e. The van der Waals surface area contributed by atoms with E-state index in [2.05, 4.69) is 16.0 Å². The van der Waals surface area contributed by atoms with Crippen LogP contribution in [0.4, 0.5) is 0 Å². The van der Waals surface area contributed by atoms with Gasteiger partial charge in [-0.15, -0.1) is 0 Å². The molecule has 7 N–H and O–H groups in total. The predicted octanol–water partition coefficient (Wildman–Crippen LogP) is -0.853. The van der Waals surface area contributed by atoms with E-state index in [1.165, 1.54) is 18.7 Å². The first-order chi connectivity index (χ1) is 13.9. The topological polar surface area (TPSA) is 188 Å². The molecule has 0 aliphatic heterocycles. The summed E-state index contributed by atoms with van der Waals surface area (Å²) in [4.78, 5) is 59.4. The van der Waals surface area contributed by atoms with E-state index in [1.54, 1.807) is 13.2 Å². The first-order valence-electron chi connectivity index (χ1n) is 9.54. The van der Waals surface area contributed by atoms with Gasteiger partial charge in [0.15, 0.2) is 0 Å². The molecule has 0 bridgehead atoms.